The molecule has 2 N–H and O–H groups in total. The number of nitrogens with zero attached hydrogens (tertiary/aromatic N) is 1. The number of rotatable bonds is 13. The van der Waals surface area contributed by atoms with Crippen LogP contribution in [0, 0.1) is 5.92 Å². The maximum absolute atomic E-state index is 11.2. The summed E-state index contributed by atoms with van der Waals surface area (Å²) in [6.45, 7) is 4.50. The van der Waals surface area contributed by atoms with Gasteiger partial charge in [0.15, 0.2) is 11.2 Å². The van der Waals surface area contributed by atoms with Crippen molar-refractivity contribution in [3.05, 3.63) is 72.3 Å². The van der Waals surface area contributed by atoms with Gasteiger partial charge in [0.25, 0.3) is 0 Å². The van der Waals surface area contributed by atoms with E-state index in [1.54, 1.807) is 12.1 Å². The molecule has 1 aromatic heterocycles. The lowest BCUT2D eigenvalue weighted by Crippen LogP contribution is -2.37. The summed E-state index contributed by atoms with van der Waals surface area (Å²) in [5.41, 5.74) is 3.59. The van der Waals surface area contributed by atoms with E-state index in [2.05, 4.69) is 34.7 Å². The molecule has 0 radical (unpaired) electrons. The molecule has 7 nitrogen and oxygen atoms in total. The topological polar surface area (TPSA) is 93.8 Å². The number of carbonyl (C=O) groups is 1. The maximum atomic E-state index is 11.2. The molecule has 0 bridgehead atoms. The van der Waals surface area contributed by atoms with Crippen molar-refractivity contribution in [1.82, 2.24) is 5.16 Å². The molecule has 1 fully saturated rings. The van der Waals surface area contributed by atoms with Crippen LogP contribution >= 0.6 is 0 Å². The third-order valence-electron chi connectivity index (χ3n) is 6.84. The predicted octanol–water partition coefficient (Wildman–Crippen LogP) is 6.96. The Morgan fingerprint density at radius 2 is 1.82 bits per heavy atom. The molecule has 1 heterocycles. The summed E-state index contributed by atoms with van der Waals surface area (Å²) in [5.74, 6) is 1.12. The van der Waals surface area contributed by atoms with Crippen LogP contribution in [0.2, 0.25) is 0 Å². The van der Waals surface area contributed by atoms with Crippen LogP contribution < -0.4 is 14.8 Å². The van der Waals surface area contributed by atoms with Crippen molar-refractivity contribution < 1.29 is 23.9 Å². The summed E-state index contributed by atoms with van der Waals surface area (Å²) < 4.78 is 17.7. The molecule has 1 aliphatic carbocycles. The van der Waals surface area contributed by atoms with Crippen molar-refractivity contribution in [3.8, 4) is 22.8 Å². The fourth-order valence-electron chi connectivity index (χ4n) is 4.41. The van der Waals surface area contributed by atoms with Crippen LogP contribution in [0.4, 0.5) is 5.69 Å². The van der Waals surface area contributed by atoms with Crippen LogP contribution in [0.3, 0.4) is 0 Å². The average molecular weight is 515 g/mol. The Bertz CT molecular complexity index is 1370. The number of benzene rings is 3. The number of carboxylic acid groups (broad SMARTS) is 1. The van der Waals surface area contributed by atoms with Gasteiger partial charge in [-0.1, -0.05) is 35.5 Å². The molecular formula is C31H34N2O5. The Balaban J connectivity index is 1.14. The molecule has 0 atom stereocenters. The number of carboxylic acids is 1. The first-order chi connectivity index (χ1) is 18.4. The highest BCUT2D eigenvalue weighted by Gasteiger charge is 2.29. The molecule has 3 aromatic carbocycles. The summed E-state index contributed by atoms with van der Waals surface area (Å²) in [6.07, 6.45) is 5.33. The van der Waals surface area contributed by atoms with E-state index in [9.17, 15) is 9.90 Å². The number of nitrogens with one attached hydrogen (secondary N) is 1. The Kier molecular flexibility index (Phi) is 7.54. The number of fused-ring (bicyclic) bond motifs is 1. The molecule has 7 heteroatoms. The van der Waals surface area contributed by atoms with Gasteiger partial charge in [-0.15, -0.1) is 0 Å². The van der Waals surface area contributed by atoms with Gasteiger partial charge >= 0.3 is 5.97 Å². The zero-order valence-corrected chi connectivity index (χ0v) is 21.9. The second-order valence-electron chi connectivity index (χ2n) is 10.4. The summed E-state index contributed by atoms with van der Waals surface area (Å²) in [5, 5.41) is 18.0. The first kappa shape index (κ1) is 25.6. The third-order valence-corrected chi connectivity index (χ3v) is 6.84. The van der Waals surface area contributed by atoms with Gasteiger partial charge in [0, 0.05) is 23.4 Å². The zero-order chi connectivity index (χ0) is 26.5. The number of hydrogen-bond donors (Lipinski definition) is 2. The van der Waals surface area contributed by atoms with E-state index >= 15 is 0 Å². The summed E-state index contributed by atoms with van der Waals surface area (Å²) >= 11 is 0. The monoisotopic (exact) mass is 514 g/mol. The van der Waals surface area contributed by atoms with Gasteiger partial charge < -0.3 is 24.4 Å². The van der Waals surface area contributed by atoms with Crippen LogP contribution in [0.15, 0.2) is 71.3 Å². The molecule has 198 valence electrons. The minimum Gasteiger partial charge on any atom is -0.493 e. The normalized spacial score (nSPS) is 13.4. The fraction of sp³-hybridized carbons (Fsp3) is 0.355. The number of unbranched alkanes of at least 4 members (excludes halogenated alkanes) is 1. The number of aromatic nitrogens is 1. The van der Waals surface area contributed by atoms with Gasteiger partial charge in [-0.05, 0) is 88.3 Å². The zero-order valence-electron chi connectivity index (χ0n) is 21.9. The predicted molar refractivity (Wildman–Crippen MR) is 148 cm³/mol. The molecule has 0 spiro atoms. The van der Waals surface area contributed by atoms with Crippen molar-refractivity contribution in [2.24, 2.45) is 5.92 Å². The number of aliphatic carboxylic acids is 1. The summed E-state index contributed by atoms with van der Waals surface area (Å²) in [7, 11) is 0. The van der Waals surface area contributed by atoms with E-state index in [4.69, 9.17) is 14.0 Å². The van der Waals surface area contributed by atoms with E-state index in [1.807, 2.05) is 30.3 Å². The first-order valence-electron chi connectivity index (χ1n) is 13.3. The maximum Gasteiger partial charge on any atom is 0.347 e. The molecule has 1 saturated carbocycles. The van der Waals surface area contributed by atoms with Gasteiger partial charge in [0.1, 0.15) is 17.2 Å². The van der Waals surface area contributed by atoms with Crippen molar-refractivity contribution in [1.29, 1.82) is 0 Å². The fourth-order valence-corrected chi connectivity index (χ4v) is 4.41. The van der Waals surface area contributed by atoms with Crippen LogP contribution in [0.1, 0.15) is 45.1 Å². The highest BCUT2D eigenvalue weighted by atomic mass is 16.5. The van der Waals surface area contributed by atoms with Gasteiger partial charge in [0.05, 0.1) is 12.0 Å². The molecular weight excluding hydrogens is 480 g/mol. The van der Waals surface area contributed by atoms with Crippen molar-refractivity contribution in [3.63, 3.8) is 0 Å². The lowest BCUT2D eigenvalue weighted by atomic mass is 10.0. The SMILES string of the molecule is CC(C)(Oc1ccc(NCCCCOc2ccc3c(-c4ccccc4)noc3c2CC2CC2)cc1)C(=O)O. The standard InChI is InChI=1S/C31H34N2O5/c1-31(2,30(34)35)37-24-14-12-23(13-15-24)32-18-6-7-19-36-27-17-16-25-28(22-8-4-3-5-9-22)33-38-29(25)26(27)20-21-10-11-21/h3-5,8-9,12-17,21,32H,6-7,10-11,18-20H2,1-2H3,(H,34,35). The minimum absolute atomic E-state index is 0.526. The minimum atomic E-state index is -1.27. The van der Waals surface area contributed by atoms with E-state index < -0.39 is 11.6 Å². The Hall–Kier alpha value is -4.00. The third kappa shape index (κ3) is 6.10. The molecule has 5 rings (SSSR count). The smallest absolute Gasteiger partial charge is 0.347 e. The molecule has 38 heavy (non-hydrogen) atoms. The largest absolute Gasteiger partial charge is 0.493 e. The van der Waals surface area contributed by atoms with E-state index in [1.165, 1.54) is 26.7 Å². The molecule has 0 saturated heterocycles. The van der Waals surface area contributed by atoms with Gasteiger partial charge in [0.2, 0.25) is 0 Å². The Morgan fingerprint density at radius 1 is 1.05 bits per heavy atom. The molecule has 0 aliphatic heterocycles. The van der Waals surface area contributed by atoms with Crippen molar-refractivity contribution >= 4 is 22.6 Å². The van der Waals surface area contributed by atoms with Crippen LogP contribution in [0.25, 0.3) is 22.2 Å². The van der Waals surface area contributed by atoms with Crippen molar-refractivity contribution in [2.45, 2.75) is 51.6 Å². The molecule has 0 amide bonds. The summed E-state index contributed by atoms with van der Waals surface area (Å²) in [4.78, 5) is 11.2. The van der Waals surface area contributed by atoms with Crippen LogP contribution in [-0.4, -0.2) is 35.0 Å². The van der Waals surface area contributed by atoms with Gasteiger partial charge in [-0.25, -0.2) is 4.79 Å². The van der Waals surface area contributed by atoms with Crippen LogP contribution in [-0.2, 0) is 11.2 Å². The second kappa shape index (κ2) is 11.2. The Morgan fingerprint density at radius 3 is 2.53 bits per heavy atom. The second-order valence-corrected chi connectivity index (χ2v) is 10.4. The number of hydrogen-bond acceptors (Lipinski definition) is 6. The van der Waals surface area contributed by atoms with Gasteiger partial charge in [-0.3, -0.25) is 0 Å². The summed E-state index contributed by atoms with van der Waals surface area (Å²) in [6, 6.07) is 21.6. The van der Waals surface area contributed by atoms with Gasteiger partial charge in [-0.2, -0.15) is 0 Å². The van der Waals surface area contributed by atoms with Crippen LogP contribution in [0.5, 0.6) is 11.5 Å². The first-order valence-corrected chi connectivity index (χ1v) is 13.3. The average Bonchev–Trinajstić information content (AvgIpc) is 3.63. The Labute approximate surface area is 222 Å². The quantitative estimate of drug-likeness (QED) is 0.186. The highest BCUT2D eigenvalue weighted by molar-refractivity contribution is 5.94. The lowest BCUT2D eigenvalue weighted by molar-refractivity contribution is -0.152. The highest BCUT2D eigenvalue weighted by Crippen LogP contribution is 2.40. The van der Waals surface area contributed by atoms with E-state index in [0.29, 0.717) is 18.3 Å². The van der Waals surface area contributed by atoms with Crippen molar-refractivity contribution in [2.75, 3.05) is 18.5 Å². The van der Waals surface area contributed by atoms with E-state index in [0.717, 1.165) is 65.0 Å². The lowest BCUT2D eigenvalue weighted by Gasteiger charge is -2.21. The molecule has 1 aliphatic rings. The number of ether oxygens (including phenoxy) is 2. The molecule has 0 unspecified atom stereocenters. The molecule has 4 aromatic rings. The van der Waals surface area contributed by atoms with E-state index in [-0.39, 0.29) is 0 Å². The number of anilines is 1.